The first kappa shape index (κ1) is 14.6. The predicted octanol–water partition coefficient (Wildman–Crippen LogP) is 3.51. The maximum atomic E-state index is 12.5. The molecule has 1 aromatic carbocycles. The van der Waals surface area contributed by atoms with Gasteiger partial charge in [0.2, 0.25) is 5.89 Å². The Bertz CT molecular complexity index is 546. The van der Waals surface area contributed by atoms with Crippen molar-refractivity contribution in [1.29, 1.82) is 0 Å². The summed E-state index contributed by atoms with van der Waals surface area (Å²) in [7, 11) is 1.87. The van der Waals surface area contributed by atoms with E-state index in [0.29, 0.717) is 11.5 Å². The van der Waals surface area contributed by atoms with Crippen LogP contribution in [0.5, 0.6) is 0 Å². The van der Waals surface area contributed by atoms with Crippen molar-refractivity contribution in [3.8, 4) is 11.5 Å². The zero-order valence-electron chi connectivity index (χ0n) is 11.0. The number of benzene rings is 1. The molecule has 0 saturated heterocycles. The third-order valence-corrected chi connectivity index (χ3v) is 2.87. The number of alkyl halides is 3. The first-order valence-electron chi connectivity index (χ1n) is 6.27. The Balaban J connectivity index is 2.08. The van der Waals surface area contributed by atoms with Gasteiger partial charge in [0.05, 0.1) is 11.3 Å². The number of nitrogens with one attached hydrogen (secondary N) is 1. The highest BCUT2D eigenvalue weighted by molar-refractivity contribution is 5.53. The summed E-state index contributed by atoms with van der Waals surface area (Å²) in [6.07, 6.45) is -1.09. The van der Waals surface area contributed by atoms with E-state index in [1.54, 1.807) is 6.26 Å². The van der Waals surface area contributed by atoms with Crippen LogP contribution in [0.3, 0.4) is 0 Å². The Morgan fingerprint density at radius 1 is 1.20 bits per heavy atom. The lowest BCUT2D eigenvalue weighted by Gasteiger charge is -2.05. The molecular weight excluding hydrogens is 269 g/mol. The standard InChI is InChI=1S/C14H15F3N2O/c1-18-8-2-3-12-9-20-13(19-12)10-4-6-11(7-5-10)14(15,16)17/h4-7,9,18H,2-3,8H2,1H3. The molecular formula is C14H15F3N2O. The van der Waals surface area contributed by atoms with Crippen LogP contribution in [-0.2, 0) is 12.6 Å². The number of halogens is 3. The topological polar surface area (TPSA) is 38.1 Å². The van der Waals surface area contributed by atoms with Gasteiger partial charge in [0.1, 0.15) is 6.26 Å². The molecule has 20 heavy (non-hydrogen) atoms. The van der Waals surface area contributed by atoms with E-state index in [2.05, 4.69) is 10.3 Å². The van der Waals surface area contributed by atoms with Crippen molar-refractivity contribution in [2.75, 3.05) is 13.6 Å². The summed E-state index contributed by atoms with van der Waals surface area (Å²) in [5.74, 6) is 0.346. The largest absolute Gasteiger partial charge is 0.444 e. The first-order valence-corrected chi connectivity index (χ1v) is 6.27. The van der Waals surface area contributed by atoms with E-state index < -0.39 is 11.7 Å². The molecule has 1 heterocycles. The summed E-state index contributed by atoms with van der Waals surface area (Å²) in [6, 6.07) is 4.79. The quantitative estimate of drug-likeness (QED) is 0.854. The minimum absolute atomic E-state index is 0.346. The second-order valence-corrected chi connectivity index (χ2v) is 4.43. The van der Waals surface area contributed by atoms with Crippen LogP contribution in [0.4, 0.5) is 13.2 Å². The molecule has 0 spiro atoms. The summed E-state index contributed by atoms with van der Waals surface area (Å²) in [6.45, 7) is 0.877. The second-order valence-electron chi connectivity index (χ2n) is 4.43. The number of hydrogen-bond donors (Lipinski definition) is 1. The molecule has 0 radical (unpaired) electrons. The Hall–Kier alpha value is -1.82. The zero-order chi connectivity index (χ0) is 14.6. The van der Waals surface area contributed by atoms with Gasteiger partial charge in [0.25, 0.3) is 0 Å². The maximum absolute atomic E-state index is 12.5. The minimum Gasteiger partial charge on any atom is -0.444 e. The number of oxazole rings is 1. The molecule has 2 aromatic rings. The molecule has 3 nitrogen and oxygen atoms in total. The van der Waals surface area contributed by atoms with Gasteiger partial charge in [-0.25, -0.2) is 4.98 Å². The van der Waals surface area contributed by atoms with Crippen LogP contribution in [-0.4, -0.2) is 18.6 Å². The summed E-state index contributed by atoms with van der Waals surface area (Å²) in [5.41, 5.74) is 0.662. The highest BCUT2D eigenvalue weighted by Gasteiger charge is 2.30. The summed E-state index contributed by atoms with van der Waals surface area (Å²) >= 11 is 0. The average Bonchev–Trinajstić information content (AvgIpc) is 2.87. The van der Waals surface area contributed by atoms with Gasteiger partial charge in [-0.2, -0.15) is 13.2 Å². The van der Waals surface area contributed by atoms with Crippen LogP contribution in [0, 0.1) is 0 Å². The number of aryl methyl sites for hydroxylation is 1. The van der Waals surface area contributed by atoms with E-state index in [4.69, 9.17) is 4.42 Å². The summed E-state index contributed by atoms with van der Waals surface area (Å²) in [5, 5.41) is 3.03. The fourth-order valence-corrected chi connectivity index (χ4v) is 1.80. The SMILES string of the molecule is CNCCCc1coc(-c2ccc(C(F)(F)F)cc2)n1. The molecule has 0 unspecified atom stereocenters. The molecule has 0 atom stereocenters. The summed E-state index contributed by atoms with van der Waals surface area (Å²) in [4.78, 5) is 4.27. The molecule has 0 aliphatic heterocycles. The third kappa shape index (κ3) is 3.60. The lowest BCUT2D eigenvalue weighted by Crippen LogP contribution is -2.08. The summed E-state index contributed by atoms with van der Waals surface area (Å²) < 4.78 is 42.7. The van der Waals surface area contributed by atoms with Crippen molar-refractivity contribution in [3.63, 3.8) is 0 Å². The van der Waals surface area contributed by atoms with Gasteiger partial charge < -0.3 is 9.73 Å². The van der Waals surface area contributed by atoms with Crippen molar-refractivity contribution >= 4 is 0 Å². The Morgan fingerprint density at radius 2 is 1.90 bits per heavy atom. The van der Waals surface area contributed by atoms with Gasteiger partial charge in [0.15, 0.2) is 0 Å². The lowest BCUT2D eigenvalue weighted by atomic mass is 10.1. The van der Waals surface area contributed by atoms with E-state index in [0.717, 1.165) is 37.2 Å². The van der Waals surface area contributed by atoms with Gasteiger partial charge >= 0.3 is 6.18 Å². The van der Waals surface area contributed by atoms with Crippen LogP contribution < -0.4 is 5.32 Å². The van der Waals surface area contributed by atoms with Crippen molar-refractivity contribution in [1.82, 2.24) is 10.3 Å². The molecule has 0 fully saturated rings. The Kier molecular flexibility index (Phi) is 4.44. The second kappa shape index (κ2) is 6.09. The third-order valence-electron chi connectivity index (χ3n) is 2.87. The molecule has 6 heteroatoms. The van der Waals surface area contributed by atoms with E-state index in [1.165, 1.54) is 12.1 Å². The molecule has 108 valence electrons. The highest BCUT2D eigenvalue weighted by Crippen LogP contribution is 2.30. The average molecular weight is 284 g/mol. The van der Waals surface area contributed by atoms with Gasteiger partial charge in [0, 0.05) is 5.56 Å². The monoisotopic (exact) mass is 284 g/mol. The van der Waals surface area contributed by atoms with Crippen molar-refractivity contribution < 1.29 is 17.6 Å². The molecule has 0 aliphatic carbocycles. The predicted molar refractivity (Wildman–Crippen MR) is 69.2 cm³/mol. The number of aromatic nitrogens is 1. The lowest BCUT2D eigenvalue weighted by molar-refractivity contribution is -0.137. The van der Waals surface area contributed by atoms with Crippen LogP contribution in [0.2, 0.25) is 0 Å². The number of hydrogen-bond acceptors (Lipinski definition) is 3. The normalized spacial score (nSPS) is 11.8. The van der Waals surface area contributed by atoms with Crippen LogP contribution in [0.1, 0.15) is 17.7 Å². The van der Waals surface area contributed by atoms with Gasteiger partial charge in [-0.1, -0.05) is 0 Å². The van der Waals surface area contributed by atoms with Crippen LogP contribution in [0.15, 0.2) is 34.9 Å². The molecule has 2 rings (SSSR count). The first-order chi connectivity index (χ1) is 9.50. The van der Waals surface area contributed by atoms with E-state index in [-0.39, 0.29) is 0 Å². The molecule has 1 aromatic heterocycles. The van der Waals surface area contributed by atoms with Crippen molar-refractivity contribution in [2.24, 2.45) is 0 Å². The molecule has 0 amide bonds. The van der Waals surface area contributed by atoms with Gasteiger partial charge in [-0.05, 0) is 50.7 Å². The Labute approximate surface area is 114 Å². The van der Waals surface area contributed by atoms with Crippen molar-refractivity contribution in [2.45, 2.75) is 19.0 Å². The van der Waals surface area contributed by atoms with E-state index in [9.17, 15) is 13.2 Å². The minimum atomic E-state index is -4.33. The Morgan fingerprint density at radius 3 is 2.50 bits per heavy atom. The fraction of sp³-hybridized carbons (Fsp3) is 0.357. The molecule has 0 bridgehead atoms. The smallest absolute Gasteiger partial charge is 0.416 e. The number of nitrogens with zero attached hydrogens (tertiary/aromatic N) is 1. The van der Waals surface area contributed by atoms with E-state index in [1.807, 2.05) is 7.05 Å². The maximum Gasteiger partial charge on any atom is 0.416 e. The van der Waals surface area contributed by atoms with Gasteiger partial charge in [-0.3, -0.25) is 0 Å². The molecule has 0 saturated carbocycles. The van der Waals surface area contributed by atoms with Crippen molar-refractivity contribution in [3.05, 3.63) is 41.8 Å². The fourth-order valence-electron chi connectivity index (χ4n) is 1.80. The highest BCUT2D eigenvalue weighted by atomic mass is 19.4. The van der Waals surface area contributed by atoms with E-state index >= 15 is 0 Å². The number of rotatable bonds is 5. The van der Waals surface area contributed by atoms with Crippen LogP contribution in [0.25, 0.3) is 11.5 Å². The zero-order valence-corrected chi connectivity index (χ0v) is 11.0. The van der Waals surface area contributed by atoms with Gasteiger partial charge in [-0.15, -0.1) is 0 Å². The molecule has 0 aliphatic rings. The van der Waals surface area contributed by atoms with Crippen LogP contribution >= 0.6 is 0 Å². The molecule has 1 N–H and O–H groups in total.